The van der Waals surface area contributed by atoms with Gasteiger partial charge in [-0.1, -0.05) is 0 Å². The summed E-state index contributed by atoms with van der Waals surface area (Å²) >= 11 is 0. The third-order valence-electron chi connectivity index (χ3n) is 1.48. The molecule has 1 aromatic carbocycles. The van der Waals surface area contributed by atoms with Crippen LogP contribution in [-0.4, -0.2) is 6.18 Å². The fourth-order valence-corrected chi connectivity index (χ4v) is 0.915. The van der Waals surface area contributed by atoms with Crippen LogP contribution in [0.3, 0.4) is 0 Å². The summed E-state index contributed by atoms with van der Waals surface area (Å²) in [6, 6.07) is 0.300. The standard InChI is InChI=1S/C8H4F6/c9-5-2-7(11)6(10)1-4(5)3-8(12,13)14/h1-2H,3H2. The molecule has 0 aliphatic heterocycles. The minimum absolute atomic E-state index is 0.0937. The van der Waals surface area contributed by atoms with Crippen molar-refractivity contribution in [2.45, 2.75) is 12.6 Å². The van der Waals surface area contributed by atoms with Crippen molar-refractivity contribution in [1.29, 1.82) is 0 Å². The van der Waals surface area contributed by atoms with Crippen molar-refractivity contribution in [3.8, 4) is 0 Å². The van der Waals surface area contributed by atoms with Crippen LogP contribution in [0.5, 0.6) is 0 Å². The highest BCUT2D eigenvalue weighted by Gasteiger charge is 2.29. The summed E-state index contributed by atoms with van der Waals surface area (Å²) in [6.45, 7) is 0. The Bertz CT molecular complexity index is 340. The fraction of sp³-hybridized carbons (Fsp3) is 0.250. The third kappa shape index (κ3) is 2.65. The number of benzene rings is 1. The molecule has 0 heterocycles. The lowest BCUT2D eigenvalue weighted by Gasteiger charge is -2.07. The summed E-state index contributed by atoms with van der Waals surface area (Å²) in [4.78, 5) is 0. The van der Waals surface area contributed by atoms with Crippen molar-refractivity contribution in [1.82, 2.24) is 0 Å². The van der Waals surface area contributed by atoms with Crippen LogP contribution in [0.1, 0.15) is 5.56 Å². The number of hydrogen-bond donors (Lipinski definition) is 0. The maximum atomic E-state index is 12.7. The maximum Gasteiger partial charge on any atom is 0.393 e. The molecule has 0 radical (unpaired) electrons. The van der Waals surface area contributed by atoms with Gasteiger partial charge in [-0.15, -0.1) is 0 Å². The summed E-state index contributed by atoms with van der Waals surface area (Å²) in [5.74, 6) is -4.40. The Hall–Kier alpha value is -1.20. The summed E-state index contributed by atoms with van der Waals surface area (Å²) in [5.41, 5.74) is -0.906. The van der Waals surface area contributed by atoms with E-state index in [1.54, 1.807) is 0 Å². The zero-order chi connectivity index (χ0) is 10.9. The van der Waals surface area contributed by atoms with Gasteiger partial charge < -0.3 is 0 Å². The molecule has 0 amide bonds. The van der Waals surface area contributed by atoms with Gasteiger partial charge >= 0.3 is 6.18 Å². The van der Waals surface area contributed by atoms with E-state index in [0.29, 0.717) is 0 Å². The largest absolute Gasteiger partial charge is 0.393 e. The van der Waals surface area contributed by atoms with E-state index < -0.39 is 35.6 Å². The summed E-state index contributed by atoms with van der Waals surface area (Å²) in [6.07, 6.45) is -6.26. The first-order valence-electron chi connectivity index (χ1n) is 3.50. The molecule has 0 aliphatic carbocycles. The van der Waals surface area contributed by atoms with Crippen molar-refractivity contribution < 1.29 is 26.3 Å². The molecule has 78 valence electrons. The first kappa shape index (κ1) is 10.9. The van der Waals surface area contributed by atoms with Crippen molar-refractivity contribution in [2.24, 2.45) is 0 Å². The van der Waals surface area contributed by atoms with Crippen LogP contribution in [0.25, 0.3) is 0 Å². The van der Waals surface area contributed by atoms with Gasteiger partial charge in [0.1, 0.15) is 5.82 Å². The Morgan fingerprint density at radius 2 is 1.36 bits per heavy atom. The Morgan fingerprint density at radius 1 is 0.857 bits per heavy atom. The van der Waals surface area contributed by atoms with E-state index in [0.717, 1.165) is 0 Å². The predicted molar refractivity (Wildman–Crippen MR) is 36.1 cm³/mol. The molecule has 0 aromatic heterocycles. The molecule has 0 fully saturated rings. The third-order valence-corrected chi connectivity index (χ3v) is 1.48. The maximum absolute atomic E-state index is 12.7. The number of hydrogen-bond acceptors (Lipinski definition) is 0. The number of rotatable bonds is 1. The zero-order valence-electron chi connectivity index (χ0n) is 6.63. The summed E-state index contributed by atoms with van der Waals surface area (Å²) < 4.78 is 72.7. The van der Waals surface area contributed by atoms with E-state index in [2.05, 4.69) is 0 Å². The van der Waals surface area contributed by atoms with Gasteiger partial charge in [0.05, 0.1) is 6.42 Å². The van der Waals surface area contributed by atoms with Crippen LogP contribution in [0, 0.1) is 17.5 Å². The van der Waals surface area contributed by atoms with Crippen LogP contribution in [0.2, 0.25) is 0 Å². The van der Waals surface area contributed by atoms with Gasteiger partial charge in [-0.2, -0.15) is 13.2 Å². The van der Waals surface area contributed by atoms with E-state index in [4.69, 9.17) is 0 Å². The molecule has 0 nitrogen and oxygen atoms in total. The lowest BCUT2D eigenvalue weighted by atomic mass is 10.1. The SMILES string of the molecule is Fc1cc(F)c(CC(F)(F)F)cc1F. The van der Waals surface area contributed by atoms with Crippen molar-refractivity contribution in [2.75, 3.05) is 0 Å². The lowest BCUT2D eigenvalue weighted by molar-refractivity contribution is -0.127. The van der Waals surface area contributed by atoms with Crippen LogP contribution in [0.4, 0.5) is 26.3 Å². The molecule has 0 aliphatic rings. The van der Waals surface area contributed by atoms with Gasteiger partial charge in [-0.05, 0) is 11.6 Å². The second kappa shape index (κ2) is 3.51. The Labute approximate surface area is 75.2 Å². The summed E-state index contributed by atoms with van der Waals surface area (Å²) in [7, 11) is 0. The first-order valence-corrected chi connectivity index (χ1v) is 3.50. The van der Waals surface area contributed by atoms with Gasteiger partial charge in [0.25, 0.3) is 0 Å². The molecule has 0 atom stereocenters. The van der Waals surface area contributed by atoms with E-state index >= 15 is 0 Å². The Kier molecular flexibility index (Phi) is 2.73. The lowest BCUT2D eigenvalue weighted by Crippen LogP contribution is -2.13. The Balaban J connectivity index is 3.04. The molecule has 0 N–H and O–H groups in total. The number of alkyl halides is 3. The molecule has 14 heavy (non-hydrogen) atoms. The van der Waals surface area contributed by atoms with Gasteiger partial charge in [-0.25, -0.2) is 13.2 Å². The van der Waals surface area contributed by atoms with Crippen LogP contribution < -0.4 is 0 Å². The Morgan fingerprint density at radius 3 is 1.86 bits per heavy atom. The second-order valence-corrected chi connectivity index (χ2v) is 2.65. The van der Waals surface area contributed by atoms with E-state index in [9.17, 15) is 26.3 Å². The summed E-state index contributed by atoms with van der Waals surface area (Å²) in [5, 5.41) is 0. The fourth-order valence-electron chi connectivity index (χ4n) is 0.915. The topological polar surface area (TPSA) is 0 Å². The smallest absolute Gasteiger partial charge is 0.207 e. The van der Waals surface area contributed by atoms with E-state index in [-0.39, 0.29) is 12.1 Å². The molecule has 0 saturated heterocycles. The molecule has 0 bridgehead atoms. The monoisotopic (exact) mass is 214 g/mol. The number of halogens is 6. The molecule has 6 heteroatoms. The highest BCUT2D eigenvalue weighted by molar-refractivity contribution is 5.20. The van der Waals surface area contributed by atoms with Crippen molar-refractivity contribution in [3.05, 3.63) is 35.1 Å². The molecule has 1 aromatic rings. The highest BCUT2D eigenvalue weighted by Crippen LogP contribution is 2.24. The van der Waals surface area contributed by atoms with Gasteiger partial charge in [0, 0.05) is 6.07 Å². The van der Waals surface area contributed by atoms with Gasteiger partial charge in [0.2, 0.25) is 0 Å². The highest BCUT2D eigenvalue weighted by atomic mass is 19.4. The average Bonchev–Trinajstić information content (AvgIpc) is 1.97. The van der Waals surface area contributed by atoms with Gasteiger partial charge in [-0.3, -0.25) is 0 Å². The van der Waals surface area contributed by atoms with E-state index in [1.807, 2.05) is 0 Å². The van der Waals surface area contributed by atoms with Crippen molar-refractivity contribution >= 4 is 0 Å². The molecule has 0 unspecified atom stereocenters. The predicted octanol–water partition coefficient (Wildman–Crippen LogP) is 3.21. The first-order chi connectivity index (χ1) is 6.29. The molecular weight excluding hydrogens is 210 g/mol. The van der Waals surface area contributed by atoms with Crippen molar-refractivity contribution in [3.63, 3.8) is 0 Å². The van der Waals surface area contributed by atoms with Crippen LogP contribution >= 0.6 is 0 Å². The second-order valence-electron chi connectivity index (χ2n) is 2.65. The quantitative estimate of drug-likeness (QED) is 0.497. The molecule has 1 rings (SSSR count). The normalized spacial score (nSPS) is 11.9. The van der Waals surface area contributed by atoms with Crippen LogP contribution in [-0.2, 0) is 6.42 Å². The van der Waals surface area contributed by atoms with Gasteiger partial charge in [0.15, 0.2) is 11.6 Å². The van der Waals surface area contributed by atoms with Crippen LogP contribution in [0.15, 0.2) is 12.1 Å². The molecular formula is C8H4F6. The zero-order valence-corrected chi connectivity index (χ0v) is 6.63. The average molecular weight is 214 g/mol. The molecule has 0 spiro atoms. The molecule has 0 saturated carbocycles. The van der Waals surface area contributed by atoms with E-state index in [1.165, 1.54) is 0 Å². The minimum atomic E-state index is -4.65. The minimum Gasteiger partial charge on any atom is -0.207 e.